The second-order valence-corrected chi connectivity index (χ2v) is 7.55. The fraction of sp³-hybridized carbons (Fsp3) is 0.429. The lowest BCUT2D eigenvalue weighted by atomic mass is 10.1. The lowest BCUT2D eigenvalue weighted by molar-refractivity contribution is 0.0815. The summed E-state index contributed by atoms with van der Waals surface area (Å²) in [6, 6.07) is 5.79. The summed E-state index contributed by atoms with van der Waals surface area (Å²) in [4.78, 5) is 0. The molecular formula is C14H17ClN3OS+. The average Bonchev–Trinajstić information content (AvgIpc) is 2.77. The molecule has 0 radical (unpaired) electrons. The van der Waals surface area contributed by atoms with Crippen molar-refractivity contribution in [2.45, 2.75) is 13.2 Å². The van der Waals surface area contributed by atoms with Gasteiger partial charge in [0.05, 0.1) is 37.1 Å². The Bertz CT molecular complexity index is 633. The molecule has 0 aliphatic carbocycles. The molecule has 0 N–H and O–H groups in total. The van der Waals surface area contributed by atoms with E-state index in [0.717, 1.165) is 28.8 Å². The van der Waals surface area contributed by atoms with E-state index >= 15 is 0 Å². The van der Waals surface area contributed by atoms with Gasteiger partial charge >= 0.3 is 0 Å². The standard InChI is InChI=1S/C14H17ClN3OS/c1-20(2)6-5-19-10-18-9-12-8-13(15)7-11(3-4-16)14(12)17-18/h7-9H,3,5-6,10H2,1-2H3/q+1. The number of benzene rings is 1. The van der Waals surface area contributed by atoms with Crippen molar-refractivity contribution in [1.29, 1.82) is 5.26 Å². The highest BCUT2D eigenvalue weighted by molar-refractivity contribution is 7.95. The van der Waals surface area contributed by atoms with Crippen molar-refractivity contribution in [3.05, 3.63) is 28.9 Å². The normalized spacial score (nSPS) is 11.2. The minimum absolute atomic E-state index is 0.309. The zero-order valence-corrected chi connectivity index (χ0v) is 13.2. The molecule has 1 heterocycles. The number of rotatable bonds is 6. The molecule has 0 aliphatic heterocycles. The van der Waals surface area contributed by atoms with Crippen LogP contribution >= 0.6 is 11.6 Å². The first-order valence-electron chi connectivity index (χ1n) is 6.24. The number of hydrogen-bond acceptors (Lipinski definition) is 3. The Kier molecular flexibility index (Phi) is 5.30. The zero-order valence-electron chi connectivity index (χ0n) is 11.6. The summed E-state index contributed by atoms with van der Waals surface area (Å²) < 4.78 is 7.35. The molecule has 0 bridgehead atoms. The predicted molar refractivity (Wildman–Crippen MR) is 84.1 cm³/mol. The van der Waals surface area contributed by atoms with Crippen molar-refractivity contribution in [3.63, 3.8) is 0 Å². The van der Waals surface area contributed by atoms with Gasteiger partial charge in [0.1, 0.15) is 12.5 Å². The van der Waals surface area contributed by atoms with Crippen molar-refractivity contribution < 1.29 is 4.74 Å². The van der Waals surface area contributed by atoms with Crippen molar-refractivity contribution >= 4 is 33.4 Å². The van der Waals surface area contributed by atoms with Gasteiger partial charge in [-0.2, -0.15) is 10.4 Å². The van der Waals surface area contributed by atoms with E-state index in [4.69, 9.17) is 21.6 Å². The lowest BCUT2D eigenvalue weighted by Gasteiger charge is -2.02. The highest BCUT2D eigenvalue weighted by Crippen LogP contribution is 2.23. The van der Waals surface area contributed by atoms with Crippen LogP contribution in [0.3, 0.4) is 0 Å². The number of fused-ring (bicyclic) bond motifs is 1. The molecule has 4 nitrogen and oxygen atoms in total. The summed E-state index contributed by atoms with van der Waals surface area (Å²) in [5.41, 5.74) is 1.68. The molecule has 6 heteroatoms. The van der Waals surface area contributed by atoms with Crippen LogP contribution in [0.2, 0.25) is 5.02 Å². The maximum Gasteiger partial charge on any atom is 0.139 e. The molecule has 1 aromatic carbocycles. The van der Waals surface area contributed by atoms with Crippen molar-refractivity contribution in [3.8, 4) is 6.07 Å². The molecule has 0 amide bonds. The minimum atomic E-state index is 0.309. The zero-order chi connectivity index (χ0) is 14.5. The van der Waals surface area contributed by atoms with Gasteiger partial charge < -0.3 is 4.74 Å². The average molecular weight is 311 g/mol. The fourth-order valence-electron chi connectivity index (χ4n) is 1.89. The lowest BCUT2D eigenvalue weighted by Crippen LogP contribution is -2.11. The molecule has 2 rings (SSSR count). The Hall–Kier alpha value is -1.22. The van der Waals surface area contributed by atoms with Crippen LogP contribution in [-0.4, -0.2) is 34.7 Å². The van der Waals surface area contributed by atoms with E-state index < -0.39 is 0 Å². The van der Waals surface area contributed by atoms with E-state index in [1.165, 1.54) is 0 Å². The van der Waals surface area contributed by atoms with Gasteiger partial charge in [-0.1, -0.05) is 11.6 Å². The largest absolute Gasteiger partial charge is 0.354 e. The monoisotopic (exact) mass is 310 g/mol. The molecule has 106 valence electrons. The third-order valence-electron chi connectivity index (χ3n) is 2.83. The van der Waals surface area contributed by atoms with Crippen LogP contribution < -0.4 is 0 Å². The summed E-state index contributed by atoms with van der Waals surface area (Å²) in [7, 11) is 0.394. The predicted octanol–water partition coefficient (Wildman–Crippen LogP) is 2.61. The van der Waals surface area contributed by atoms with Gasteiger partial charge in [0.2, 0.25) is 0 Å². The summed E-state index contributed by atoms with van der Waals surface area (Å²) in [5.74, 6) is 1.06. The highest BCUT2D eigenvalue weighted by Gasteiger charge is 2.08. The van der Waals surface area contributed by atoms with Crippen LogP contribution in [0.5, 0.6) is 0 Å². The second-order valence-electron chi connectivity index (χ2n) is 4.73. The Morgan fingerprint density at radius 3 is 2.95 bits per heavy atom. The van der Waals surface area contributed by atoms with Gasteiger partial charge in [0, 0.05) is 16.6 Å². The molecule has 2 aromatic rings. The smallest absolute Gasteiger partial charge is 0.139 e. The topological polar surface area (TPSA) is 50.8 Å². The van der Waals surface area contributed by atoms with Crippen LogP contribution in [0.15, 0.2) is 18.3 Å². The van der Waals surface area contributed by atoms with Crippen LogP contribution in [0.1, 0.15) is 5.56 Å². The Labute approximate surface area is 126 Å². The number of nitriles is 1. The molecule has 0 fully saturated rings. The maximum absolute atomic E-state index is 8.85. The number of ether oxygens (including phenoxy) is 1. The van der Waals surface area contributed by atoms with Gasteiger partial charge in [-0.3, -0.25) is 0 Å². The third kappa shape index (κ3) is 3.89. The molecule has 0 saturated heterocycles. The van der Waals surface area contributed by atoms with Crippen molar-refractivity contribution in [2.75, 3.05) is 24.9 Å². The molecule has 0 spiro atoms. The summed E-state index contributed by atoms with van der Waals surface area (Å²) >= 11 is 6.05. The third-order valence-corrected chi connectivity index (χ3v) is 4.03. The highest BCUT2D eigenvalue weighted by atomic mass is 35.5. The molecule has 0 saturated carbocycles. The molecule has 0 aliphatic rings. The van der Waals surface area contributed by atoms with E-state index in [1.54, 1.807) is 10.7 Å². The Morgan fingerprint density at radius 2 is 2.25 bits per heavy atom. The maximum atomic E-state index is 8.85. The molecule has 0 atom stereocenters. The molecular weight excluding hydrogens is 294 g/mol. The Morgan fingerprint density at radius 1 is 1.45 bits per heavy atom. The second kappa shape index (κ2) is 6.98. The van der Waals surface area contributed by atoms with Gasteiger partial charge in [-0.05, 0) is 28.6 Å². The minimum Gasteiger partial charge on any atom is -0.354 e. The molecule has 1 aromatic heterocycles. The SMILES string of the molecule is C[S+](C)CCOCn1cc2cc(Cl)cc(CC#N)c2n1. The van der Waals surface area contributed by atoms with E-state index in [0.29, 0.717) is 29.1 Å². The fourth-order valence-corrected chi connectivity index (χ4v) is 2.59. The van der Waals surface area contributed by atoms with Gasteiger partial charge in [-0.15, -0.1) is 0 Å². The molecule has 20 heavy (non-hydrogen) atoms. The summed E-state index contributed by atoms with van der Waals surface area (Å²) in [6.45, 7) is 1.16. The number of halogens is 1. The van der Waals surface area contributed by atoms with Crippen molar-refractivity contribution in [2.24, 2.45) is 0 Å². The van der Waals surface area contributed by atoms with E-state index in [9.17, 15) is 0 Å². The van der Waals surface area contributed by atoms with Crippen LogP contribution in [0, 0.1) is 11.3 Å². The quantitative estimate of drug-likeness (QED) is 0.609. The first-order chi connectivity index (χ1) is 9.60. The van der Waals surface area contributed by atoms with Crippen LogP contribution in [0.25, 0.3) is 10.9 Å². The van der Waals surface area contributed by atoms with Crippen LogP contribution in [-0.2, 0) is 28.8 Å². The van der Waals surface area contributed by atoms with Crippen molar-refractivity contribution in [1.82, 2.24) is 9.78 Å². The van der Waals surface area contributed by atoms with Gasteiger partial charge in [-0.25, -0.2) is 4.68 Å². The number of hydrogen-bond donors (Lipinski definition) is 0. The van der Waals surface area contributed by atoms with Gasteiger partial charge in [0.25, 0.3) is 0 Å². The first kappa shape index (κ1) is 15.2. The number of nitrogens with zero attached hydrogens (tertiary/aromatic N) is 3. The first-order valence-corrected chi connectivity index (χ1v) is 8.83. The Balaban J connectivity index is 2.12. The van der Waals surface area contributed by atoms with E-state index in [2.05, 4.69) is 23.7 Å². The van der Waals surface area contributed by atoms with Gasteiger partial charge in [0.15, 0.2) is 0 Å². The summed E-state index contributed by atoms with van der Waals surface area (Å²) in [6.07, 6.45) is 6.60. The molecule has 0 unspecified atom stereocenters. The van der Waals surface area contributed by atoms with E-state index in [1.807, 2.05) is 12.3 Å². The summed E-state index contributed by atoms with van der Waals surface area (Å²) in [5, 5.41) is 14.9. The van der Waals surface area contributed by atoms with Crippen LogP contribution in [0.4, 0.5) is 0 Å². The number of aromatic nitrogens is 2. The van der Waals surface area contributed by atoms with E-state index in [-0.39, 0.29) is 0 Å².